The zero-order valence-corrected chi connectivity index (χ0v) is 15.9. The van der Waals surface area contributed by atoms with Crippen molar-refractivity contribution < 1.29 is 22.4 Å². The van der Waals surface area contributed by atoms with Crippen molar-refractivity contribution in [3.63, 3.8) is 0 Å². The number of sulfonamides is 1. The van der Waals surface area contributed by atoms with Crippen LogP contribution in [0.5, 0.6) is 0 Å². The molecular formula is C15H20ClFN4O4S. The van der Waals surface area contributed by atoms with Crippen molar-refractivity contribution in [2.24, 2.45) is 5.73 Å². The van der Waals surface area contributed by atoms with Crippen molar-refractivity contribution in [2.45, 2.75) is 17.9 Å². The summed E-state index contributed by atoms with van der Waals surface area (Å²) in [5.74, 6) is -2.74. The molecule has 2 amide bonds. The number of carbonyl (C=O) groups excluding carboxylic acids is 2. The van der Waals surface area contributed by atoms with Crippen LogP contribution in [0.4, 0.5) is 4.39 Å². The molecule has 26 heavy (non-hydrogen) atoms. The first-order chi connectivity index (χ1) is 12.0. The van der Waals surface area contributed by atoms with Gasteiger partial charge in [0.05, 0.1) is 4.90 Å². The second-order valence-electron chi connectivity index (χ2n) is 6.10. The molecule has 0 unspecified atom stereocenters. The van der Waals surface area contributed by atoms with Gasteiger partial charge in [0.15, 0.2) is 6.04 Å². The van der Waals surface area contributed by atoms with Crippen molar-refractivity contribution in [3.05, 3.63) is 28.5 Å². The Kier molecular flexibility index (Phi) is 6.22. The molecular weight excluding hydrogens is 387 g/mol. The van der Waals surface area contributed by atoms with Crippen LogP contribution in [0.1, 0.15) is 5.56 Å². The van der Waals surface area contributed by atoms with Gasteiger partial charge in [-0.1, -0.05) is 11.6 Å². The van der Waals surface area contributed by atoms with E-state index in [4.69, 9.17) is 17.3 Å². The van der Waals surface area contributed by atoms with Gasteiger partial charge in [0.1, 0.15) is 5.82 Å². The van der Waals surface area contributed by atoms with Gasteiger partial charge in [-0.25, -0.2) is 12.8 Å². The lowest BCUT2D eigenvalue weighted by Crippen LogP contribution is -2.58. The van der Waals surface area contributed by atoms with Gasteiger partial charge >= 0.3 is 0 Å². The molecule has 11 heteroatoms. The SMILES string of the molecule is Cc1c(Cl)cc(F)cc1S(=O)(=O)N[C@@H](C(N)=O)C(=O)N1CCN(C)CC1. The van der Waals surface area contributed by atoms with Crippen molar-refractivity contribution >= 4 is 33.4 Å². The Balaban J connectivity index is 2.29. The number of hydrogen-bond acceptors (Lipinski definition) is 5. The van der Waals surface area contributed by atoms with Gasteiger partial charge in [-0.15, -0.1) is 0 Å². The molecule has 1 heterocycles. The molecule has 0 saturated carbocycles. The summed E-state index contributed by atoms with van der Waals surface area (Å²) < 4.78 is 40.7. The Morgan fingerprint density at radius 3 is 2.38 bits per heavy atom. The minimum absolute atomic E-state index is 0.0913. The molecule has 1 aliphatic rings. The molecule has 0 aliphatic carbocycles. The lowest BCUT2D eigenvalue weighted by atomic mass is 10.2. The number of benzene rings is 1. The van der Waals surface area contributed by atoms with E-state index in [0.717, 1.165) is 12.1 Å². The maximum absolute atomic E-state index is 13.6. The molecule has 0 bridgehead atoms. The standard InChI is InChI=1S/C15H20ClFN4O4S/c1-9-11(16)7-10(17)8-12(9)26(24,25)19-13(14(18)22)15(23)21-5-3-20(2)4-6-21/h7-8,13,19H,3-6H2,1-2H3,(H2,18,22)/t13-/m0/s1. The van der Waals surface area contributed by atoms with Crippen molar-refractivity contribution in [2.75, 3.05) is 33.2 Å². The van der Waals surface area contributed by atoms with E-state index in [-0.39, 0.29) is 10.6 Å². The molecule has 144 valence electrons. The smallest absolute Gasteiger partial charge is 0.250 e. The fraction of sp³-hybridized carbons (Fsp3) is 0.467. The first-order valence-electron chi connectivity index (χ1n) is 7.77. The first-order valence-corrected chi connectivity index (χ1v) is 9.63. The van der Waals surface area contributed by atoms with Crippen LogP contribution in [0, 0.1) is 12.7 Å². The molecule has 1 aliphatic heterocycles. The molecule has 3 N–H and O–H groups in total. The minimum atomic E-state index is -4.41. The number of amides is 2. The highest BCUT2D eigenvalue weighted by Gasteiger charge is 2.35. The van der Waals surface area contributed by atoms with Crippen LogP contribution in [0.25, 0.3) is 0 Å². The number of primary amides is 1. The third kappa shape index (κ3) is 4.50. The average Bonchev–Trinajstić information content (AvgIpc) is 2.55. The minimum Gasteiger partial charge on any atom is -0.368 e. The molecule has 1 aromatic carbocycles. The molecule has 0 spiro atoms. The Morgan fingerprint density at radius 1 is 1.27 bits per heavy atom. The number of nitrogens with two attached hydrogens (primary N) is 1. The molecule has 1 atom stereocenters. The third-order valence-corrected chi connectivity index (χ3v) is 6.11. The summed E-state index contributed by atoms with van der Waals surface area (Å²) in [6.07, 6.45) is 0. The van der Waals surface area contributed by atoms with Gasteiger partial charge in [0, 0.05) is 31.2 Å². The number of hydrogen-bond donors (Lipinski definition) is 2. The Morgan fingerprint density at radius 2 is 1.85 bits per heavy atom. The largest absolute Gasteiger partial charge is 0.368 e. The van der Waals surface area contributed by atoms with Gasteiger partial charge < -0.3 is 15.5 Å². The van der Waals surface area contributed by atoms with Crippen LogP contribution in [0.15, 0.2) is 17.0 Å². The van der Waals surface area contributed by atoms with E-state index >= 15 is 0 Å². The Labute approximate surface area is 156 Å². The van der Waals surface area contributed by atoms with Gasteiger partial charge in [-0.05, 0) is 31.7 Å². The molecule has 1 fully saturated rings. The number of nitrogens with zero attached hydrogens (tertiary/aromatic N) is 2. The lowest BCUT2D eigenvalue weighted by molar-refractivity contribution is -0.138. The summed E-state index contributed by atoms with van der Waals surface area (Å²) in [6.45, 7) is 3.24. The van der Waals surface area contributed by atoms with Crippen molar-refractivity contribution in [1.29, 1.82) is 0 Å². The fourth-order valence-corrected chi connectivity index (χ4v) is 4.26. The summed E-state index contributed by atoms with van der Waals surface area (Å²) in [5.41, 5.74) is 5.32. The highest BCUT2D eigenvalue weighted by molar-refractivity contribution is 7.89. The van der Waals surface area contributed by atoms with E-state index in [1.165, 1.54) is 11.8 Å². The number of carbonyl (C=O) groups is 2. The van der Waals surface area contributed by atoms with Gasteiger partial charge in [0.25, 0.3) is 5.91 Å². The van der Waals surface area contributed by atoms with E-state index in [0.29, 0.717) is 26.2 Å². The summed E-state index contributed by atoms with van der Waals surface area (Å²) in [6, 6.07) is -0.0523. The summed E-state index contributed by atoms with van der Waals surface area (Å²) in [5, 5.41) is -0.0913. The van der Waals surface area contributed by atoms with Crippen LogP contribution in [-0.4, -0.2) is 69.3 Å². The van der Waals surface area contributed by atoms with Crippen LogP contribution >= 0.6 is 11.6 Å². The van der Waals surface area contributed by atoms with Crippen LogP contribution in [0.2, 0.25) is 5.02 Å². The van der Waals surface area contributed by atoms with E-state index in [9.17, 15) is 22.4 Å². The molecule has 0 aromatic heterocycles. The lowest BCUT2D eigenvalue weighted by Gasteiger charge is -2.34. The molecule has 8 nitrogen and oxygen atoms in total. The first kappa shape index (κ1) is 20.6. The van der Waals surface area contributed by atoms with Gasteiger partial charge in [-0.3, -0.25) is 9.59 Å². The van der Waals surface area contributed by atoms with Gasteiger partial charge in [0.2, 0.25) is 15.9 Å². The Hall–Kier alpha value is -1.75. The predicted molar refractivity (Wildman–Crippen MR) is 93.5 cm³/mol. The van der Waals surface area contributed by atoms with Crippen LogP contribution in [-0.2, 0) is 19.6 Å². The highest BCUT2D eigenvalue weighted by Crippen LogP contribution is 2.25. The zero-order valence-electron chi connectivity index (χ0n) is 14.3. The van der Waals surface area contributed by atoms with Gasteiger partial charge in [-0.2, -0.15) is 4.72 Å². The molecule has 1 aromatic rings. The second kappa shape index (κ2) is 7.87. The normalized spacial score (nSPS) is 17.2. The van der Waals surface area contributed by atoms with Crippen LogP contribution in [0.3, 0.4) is 0 Å². The highest BCUT2D eigenvalue weighted by atomic mass is 35.5. The average molecular weight is 407 g/mol. The quantitative estimate of drug-likeness (QED) is 0.651. The maximum atomic E-state index is 13.6. The second-order valence-corrected chi connectivity index (χ2v) is 8.19. The predicted octanol–water partition coefficient (Wildman–Crippen LogP) is -0.306. The third-order valence-electron chi connectivity index (χ3n) is 4.17. The molecule has 0 radical (unpaired) electrons. The molecule has 1 saturated heterocycles. The Bertz CT molecular complexity index is 825. The summed E-state index contributed by atoms with van der Waals surface area (Å²) in [7, 11) is -2.53. The summed E-state index contributed by atoms with van der Waals surface area (Å²) in [4.78, 5) is 27.2. The number of rotatable bonds is 5. The van der Waals surface area contributed by atoms with E-state index in [2.05, 4.69) is 0 Å². The van der Waals surface area contributed by atoms with Crippen molar-refractivity contribution in [3.8, 4) is 0 Å². The van der Waals surface area contributed by atoms with E-state index in [1.54, 1.807) is 0 Å². The van der Waals surface area contributed by atoms with Crippen molar-refractivity contribution in [1.82, 2.24) is 14.5 Å². The monoisotopic (exact) mass is 406 g/mol. The van der Waals surface area contributed by atoms with E-state index in [1.807, 2.05) is 16.7 Å². The number of halogens is 2. The molecule has 2 rings (SSSR count). The number of nitrogens with one attached hydrogen (secondary N) is 1. The fourth-order valence-electron chi connectivity index (χ4n) is 2.56. The van der Waals surface area contributed by atoms with E-state index < -0.39 is 38.6 Å². The topological polar surface area (TPSA) is 113 Å². The summed E-state index contributed by atoms with van der Waals surface area (Å²) >= 11 is 5.82. The zero-order chi connectivity index (χ0) is 19.6. The number of piperazine rings is 1. The number of likely N-dealkylation sites (N-methyl/N-ethyl adjacent to an activating group) is 1. The van der Waals surface area contributed by atoms with Crippen LogP contribution < -0.4 is 10.5 Å². The maximum Gasteiger partial charge on any atom is 0.250 e.